The molecule has 1 amide bonds. The fraction of sp³-hybridized carbons (Fsp3) is 0.714. The van der Waals surface area contributed by atoms with Crippen LogP contribution in [0.3, 0.4) is 0 Å². The molecule has 1 atom stereocenters. The van der Waals surface area contributed by atoms with Gasteiger partial charge in [0.05, 0.1) is 0 Å². The van der Waals surface area contributed by atoms with Crippen molar-refractivity contribution in [1.29, 1.82) is 0 Å². The number of carboxylic acids is 1. The molecule has 1 aromatic rings. The number of aryl methyl sites for hydroxylation is 1. The maximum atomic E-state index is 11.8. The maximum absolute atomic E-state index is 11.8. The Hall–Kier alpha value is -1.92. The van der Waals surface area contributed by atoms with Crippen molar-refractivity contribution >= 4 is 11.9 Å². The molecule has 1 rings (SSSR count). The van der Waals surface area contributed by atoms with E-state index in [0.717, 1.165) is 0 Å². The summed E-state index contributed by atoms with van der Waals surface area (Å²) < 4.78 is 5.14. The Morgan fingerprint density at radius 1 is 1.38 bits per heavy atom. The summed E-state index contributed by atoms with van der Waals surface area (Å²) in [5.74, 6) is -0.0832. The normalized spacial score (nSPS) is 13.0. The van der Waals surface area contributed by atoms with Crippen molar-refractivity contribution in [3.8, 4) is 0 Å². The van der Waals surface area contributed by atoms with Crippen LogP contribution >= 0.6 is 0 Å². The number of hydrogen-bond donors (Lipinski definition) is 1. The summed E-state index contributed by atoms with van der Waals surface area (Å²) in [7, 11) is 1.49. The monoisotopic (exact) mass is 297 g/mol. The number of hydrogen-bond acceptors (Lipinski definition) is 5. The number of likely N-dealkylation sites (N-methyl/N-ethyl adjacent to an activating group) is 1. The van der Waals surface area contributed by atoms with Gasteiger partial charge in [-0.25, -0.2) is 4.79 Å². The molecule has 7 nitrogen and oxygen atoms in total. The number of rotatable bonds is 6. The Bertz CT molecular complexity index is 505. The fourth-order valence-corrected chi connectivity index (χ4v) is 1.61. The van der Waals surface area contributed by atoms with Crippen LogP contribution in [0.1, 0.15) is 52.3 Å². The van der Waals surface area contributed by atoms with Crippen molar-refractivity contribution in [2.45, 2.75) is 58.4 Å². The summed E-state index contributed by atoms with van der Waals surface area (Å²) in [5, 5.41) is 12.8. The van der Waals surface area contributed by atoms with Gasteiger partial charge < -0.3 is 14.5 Å². The van der Waals surface area contributed by atoms with Crippen molar-refractivity contribution in [3.63, 3.8) is 0 Å². The molecule has 1 N–H and O–H groups in total. The molecule has 0 aliphatic carbocycles. The molecule has 0 aliphatic rings. The van der Waals surface area contributed by atoms with E-state index in [0.29, 0.717) is 24.6 Å². The van der Waals surface area contributed by atoms with Crippen LogP contribution in [0.4, 0.5) is 0 Å². The van der Waals surface area contributed by atoms with Gasteiger partial charge in [0, 0.05) is 25.3 Å². The van der Waals surface area contributed by atoms with E-state index in [1.54, 1.807) is 0 Å². The van der Waals surface area contributed by atoms with E-state index >= 15 is 0 Å². The predicted molar refractivity (Wildman–Crippen MR) is 75.8 cm³/mol. The van der Waals surface area contributed by atoms with Crippen molar-refractivity contribution in [3.05, 3.63) is 11.7 Å². The van der Waals surface area contributed by atoms with Gasteiger partial charge in [-0.2, -0.15) is 4.98 Å². The number of nitrogens with zero attached hydrogens (tertiary/aromatic N) is 3. The van der Waals surface area contributed by atoms with Crippen LogP contribution in [0.2, 0.25) is 0 Å². The zero-order valence-corrected chi connectivity index (χ0v) is 13.2. The third kappa shape index (κ3) is 4.84. The summed E-state index contributed by atoms with van der Waals surface area (Å²) >= 11 is 0. The number of carboxylic acid groups (broad SMARTS) is 1. The van der Waals surface area contributed by atoms with Gasteiger partial charge in [0.2, 0.25) is 11.8 Å². The molecule has 21 heavy (non-hydrogen) atoms. The second-order valence-corrected chi connectivity index (χ2v) is 6.13. The molecular weight excluding hydrogens is 274 g/mol. The van der Waals surface area contributed by atoms with Gasteiger partial charge in [-0.3, -0.25) is 4.79 Å². The quantitative estimate of drug-likeness (QED) is 0.857. The van der Waals surface area contributed by atoms with Crippen LogP contribution in [-0.4, -0.2) is 45.1 Å². The molecule has 0 radical (unpaired) electrons. The SMILES string of the molecule is CC(C(=O)O)N(C)C(=O)CCCc1nc(C(C)(C)C)no1. The first-order valence-corrected chi connectivity index (χ1v) is 6.94. The molecular formula is C14H23N3O4. The fourth-order valence-electron chi connectivity index (χ4n) is 1.61. The molecule has 1 aromatic heterocycles. The molecule has 1 heterocycles. The molecule has 7 heteroatoms. The molecule has 1 unspecified atom stereocenters. The summed E-state index contributed by atoms with van der Waals surface area (Å²) in [6, 6.07) is -0.826. The minimum atomic E-state index is -1.02. The van der Waals surface area contributed by atoms with Crippen molar-refractivity contribution < 1.29 is 19.2 Å². The first kappa shape index (κ1) is 17.1. The second kappa shape index (κ2) is 6.69. The Labute approximate surface area is 124 Å². The smallest absolute Gasteiger partial charge is 0.326 e. The van der Waals surface area contributed by atoms with Gasteiger partial charge in [0.1, 0.15) is 6.04 Å². The average molecular weight is 297 g/mol. The minimum Gasteiger partial charge on any atom is -0.480 e. The van der Waals surface area contributed by atoms with Crippen LogP contribution in [0.25, 0.3) is 0 Å². The van der Waals surface area contributed by atoms with E-state index in [9.17, 15) is 9.59 Å². The first-order valence-electron chi connectivity index (χ1n) is 6.94. The molecule has 0 bridgehead atoms. The molecule has 0 saturated heterocycles. The minimum absolute atomic E-state index is 0.172. The Balaban J connectivity index is 2.45. The van der Waals surface area contributed by atoms with Gasteiger partial charge in [-0.15, -0.1) is 0 Å². The van der Waals surface area contributed by atoms with E-state index in [-0.39, 0.29) is 17.7 Å². The summed E-state index contributed by atoms with van der Waals surface area (Å²) in [6.07, 6.45) is 1.30. The lowest BCUT2D eigenvalue weighted by Crippen LogP contribution is -2.40. The number of carbonyl (C=O) groups is 2. The standard InChI is InChI=1S/C14H23N3O4/c1-9(12(19)20)17(5)11(18)8-6-7-10-15-13(16-21-10)14(2,3)4/h9H,6-8H2,1-5H3,(H,19,20). The van der Waals surface area contributed by atoms with Crippen molar-refractivity contribution in [2.24, 2.45) is 0 Å². The lowest BCUT2D eigenvalue weighted by atomic mass is 9.96. The molecule has 0 aliphatic heterocycles. The lowest BCUT2D eigenvalue weighted by molar-refractivity contribution is -0.148. The molecule has 0 saturated carbocycles. The van der Waals surface area contributed by atoms with Gasteiger partial charge in [-0.1, -0.05) is 25.9 Å². The highest BCUT2D eigenvalue weighted by molar-refractivity contribution is 5.83. The van der Waals surface area contributed by atoms with Gasteiger partial charge in [0.25, 0.3) is 0 Å². The van der Waals surface area contributed by atoms with E-state index in [2.05, 4.69) is 10.1 Å². The zero-order chi connectivity index (χ0) is 16.2. The highest BCUT2D eigenvalue weighted by Crippen LogP contribution is 2.19. The van der Waals surface area contributed by atoms with Crippen molar-refractivity contribution in [1.82, 2.24) is 15.0 Å². The van der Waals surface area contributed by atoms with Crippen LogP contribution in [-0.2, 0) is 21.4 Å². The van der Waals surface area contributed by atoms with Crippen LogP contribution in [0.15, 0.2) is 4.52 Å². The van der Waals surface area contributed by atoms with Crippen LogP contribution in [0, 0.1) is 0 Å². The predicted octanol–water partition coefficient (Wildman–Crippen LogP) is 1.62. The molecule has 0 fully saturated rings. The highest BCUT2D eigenvalue weighted by Gasteiger charge is 2.22. The molecule has 0 aromatic carbocycles. The van der Waals surface area contributed by atoms with Crippen molar-refractivity contribution in [2.75, 3.05) is 7.05 Å². The topological polar surface area (TPSA) is 96.5 Å². The van der Waals surface area contributed by atoms with E-state index in [4.69, 9.17) is 9.63 Å². The number of carbonyl (C=O) groups excluding carboxylic acids is 1. The Morgan fingerprint density at radius 2 is 2.00 bits per heavy atom. The van der Waals surface area contributed by atoms with Gasteiger partial charge in [-0.05, 0) is 13.3 Å². The second-order valence-electron chi connectivity index (χ2n) is 6.13. The number of aromatic nitrogens is 2. The molecule has 0 spiro atoms. The van der Waals surface area contributed by atoms with E-state index in [1.807, 2.05) is 20.8 Å². The molecule has 118 valence electrons. The lowest BCUT2D eigenvalue weighted by Gasteiger charge is -2.21. The summed E-state index contributed by atoms with van der Waals surface area (Å²) in [5.41, 5.74) is -0.172. The van der Waals surface area contributed by atoms with Crippen LogP contribution < -0.4 is 0 Å². The Kier molecular flexibility index (Phi) is 5.46. The highest BCUT2D eigenvalue weighted by atomic mass is 16.5. The van der Waals surface area contributed by atoms with E-state index < -0.39 is 12.0 Å². The van der Waals surface area contributed by atoms with Gasteiger partial charge >= 0.3 is 5.97 Å². The average Bonchev–Trinajstić information content (AvgIpc) is 2.85. The van der Waals surface area contributed by atoms with E-state index in [1.165, 1.54) is 18.9 Å². The number of amides is 1. The zero-order valence-electron chi connectivity index (χ0n) is 13.2. The summed E-state index contributed by atoms with van der Waals surface area (Å²) in [6.45, 7) is 7.46. The third-order valence-corrected chi connectivity index (χ3v) is 3.25. The summed E-state index contributed by atoms with van der Waals surface area (Å²) in [4.78, 5) is 28.2. The Morgan fingerprint density at radius 3 is 2.48 bits per heavy atom. The maximum Gasteiger partial charge on any atom is 0.326 e. The number of aliphatic carboxylic acids is 1. The first-order chi connectivity index (χ1) is 9.62. The van der Waals surface area contributed by atoms with Crippen LogP contribution in [0.5, 0.6) is 0 Å². The third-order valence-electron chi connectivity index (χ3n) is 3.25. The largest absolute Gasteiger partial charge is 0.480 e. The van der Waals surface area contributed by atoms with Gasteiger partial charge in [0.15, 0.2) is 5.82 Å².